The maximum Gasteiger partial charge on any atom is 0.307 e. The molecule has 5 nitrogen and oxygen atoms in total. The lowest BCUT2D eigenvalue weighted by atomic mass is 10.1. The van der Waals surface area contributed by atoms with Gasteiger partial charge in [0.25, 0.3) is 0 Å². The Balaban J connectivity index is 1.95. The molecule has 23 heavy (non-hydrogen) atoms. The molecule has 0 aliphatic rings. The van der Waals surface area contributed by atoms with Crippen LogP contribution >= 0.6 is 11.3 Å². The summed E-state index contributed by atoms with van der Waals surface area (Å²) in [6.45, 7) is 1.80. The molecule has 0 unspecified atom stereocenters. The Morgan fingerprint density at radius 2 is 1.83 bits per heavy atom. The first-order valence-electron chi connectivity index (χ1n) is 7.05. The van der Waals surface area contributed by atoms with Gasteiger partial charge in [-0.25, -0.2) is 13.1 Å². The zero-order valence-corrected chi connectivity index (χ0v) is 14.3. The number of nitrogens with one attached hydrogen (secondary N) is 1. The van der Waals surface area contributed by atoms with Crippen molar-refractivity contribution in [3.05, 3.63) is 63.8 Å². The van der Waals surface area contributed by atoms with E-state index in [1.54, 1.807) is 26.1 Å². The van der Waals surface area contributed by atoms with Crippen molar-refractivity contribution in [3.63, 3.8) is 0 Å². The van der Waals surface area contributed by atoms with Crippen LogP contribution in [0.5, 0.6) is 0 Å². The van der Waals surface area contributed by atoms with Crippen LogP contribution in [-0.4, -0.2) is 13.0 Å². The minimum atomic E-state index is -3.66. The lowest BCUT2D eigenvalue weighted by Crippen LogP contribution is -2.26. The molecule has 3 rings (SSSR count). The maximum absolute atomic E-state index is 12.6. The van der Waals surface area contributed by atoms with Crippen LogP contribution in [0, 0.1) is 0 Å². The number of thiazole rings is 1. The molecule has 0 radical (unpaired) electrons. The smallest absolute Gasteiger partial charge is 0.302 e. The SMILES string of the molecule is C[C@@H](NS(=O)(=O)c1ccc2c(c1)sc(=O)n2C)c1ccccc1. The number of sulfonamides is 1. The van der Waals surface area contributed by atoms with E-state index in [1.165, 1.54) is 10.6 Å². The highest BCUT2D eigenvalue weighted by atomic mass is 32.2. The molecule has 0 saturated carbocycles. The highest BCUT2D eigenvalue weighted by Gasteiger charge is 2.19. The number of hydrogen-bond donors (Lipinski definition) is 1. The maximum atomic E-state index is 12.6. The molecule has 0 aliphatic heterocycles. The summed E-state index contributed by atoms with van der Waals surface area (Å²) in [6.07, 6.45) is 0. The van der Waals surface area contributed by atoms with E-state index in [0.717, 1.165) is 22.4 Å². The van der Waals surface area contributed by atoms with Gasteiger partial charge in [-0.15, -0.1) is 0 Å². The van der Waals surface area contributed by atoms with E-state index in [-0.39, 0.29) is 15.8 Å². The summed E-state index contributed by atoms with van der Waals surface area (Å²) in [5.41, 5.74) is 1.62. The summed E-state index contributed by atoms with van der Waals surface area (Å²) in [7, 11) is -1.99. The van der Waals surface area contributed by atoms with Crippen molar-refractivity contribution >= 4 is 31.6 Å². The Kier molecular flexibility index (Phi) is 4.09. The Morgan fingerprint density at radius 3 is 2.52 bits per heavy atom. The molecule has 1 aromatic heterocycles. The molecule has 0 spiro atoms. The molecule has 7 heteroatoms. The summed E-state index contributed by atoms with van der Waals surface area (Å²) in [6, 6.07) is 13.8. The molecule has 2 aromatic carbocycles. The van der Waals surface area contributed by atoms with Crippen molar-refractivity contribution in [1.29, 1.82) is 0 Å². The zero-order chi connectivity index (χ0) is 16.6. The molecule has 120 valence electrons. The van der Waals surface area contributed by atoms with Crippen molar-refractivity contribution in [1.82, 2.24) is 9.29 Å². The predicted molar refractivity (Wildman–Crippen MR) is 92.2 cm³/mol. The number of fused-ring (bicyclic) bond motifs is 1. The zero-order valence-electron chi connectivity index (χ0n) is 12.7. The number of nitrogens with zero attached hydrogens (tertiary/aromatic N) is 1. The van der Waals surface area contributed by atoms with Gasteiger partial charge >= 0.3 is 4.87 Å². The first-order valence-corrected chi connectivity index (χ1v) is 9.35. The summed E-state index contributed by atoms with van der Waals surface area (Å²) in [4.78, 5) is 11.7. The molecule has 1 atom stereocenters. The van der Waals surface area contributed by atoms with E-state index >= 15 is 0 Å². The average Bonchev–Trinajstić information content (AvgIpc) is 2.82. The van der Waals surface area contributed by atoms with E-state index in [0.29, 0.717) is 4.70 Å². The van der Waals surface area contributed by atoms with Crippen molar-refractivity contribution in [2.45, 2.75) is 17.9 Å². The fourth-order valence-corrected chi connectivity index (χ4v) is 4.64. The summed E-state index contributed by atoms with van der Waals surface area (Å²) in [5, 5.41) is 0. The van der Waals surface area contributed by atoms with Gasteiger partial charge in [0.05, 0.1) is 15.1 Å². The van der Waals surface area contributed by atoms with Crippen LogP contribution in [0.15, 0.2) is 58.2 Å². The predicted octanol–water partition coefficient (Wildman–Crippen LogP) is 2.64. The molecule has 1 heterocycles. The molecule has 0 aliphatic carbocycles. The lowest BCUT2D eigenvalue weighted by molar-refractivity contribution is 0.567. The second kappa shape index (κ2) is 5.92. The van der Waals surface area contributed by atoms with Gasteiger partial charge in [0.1, 0.15) is 0 Å². The van der Waals surface area contributed by atoms with Crippen LogP contribution in [0.3, 0.4) is 0 Å². The molecular formula is C16H16N2O3S2. The van der Waals surface area contributed by atoms with Crippen LogP contribution in [0.4, 0.5) is 0 Å². The Hall–Kier alpha value is -1.96. The molecule has 0 fully saturated rings. The molecule has 1 N–H and O–H groups in total. The molecule has 0 bridgehead atoms. The minimum Gasteiger partial charge on any atom is -0.302 e. The standard InChI is InChI=1S/C16H16N2O3S2/c1-11(12-6-4-3-5-7-12)17-23(20,21)13-8-9-14-15(10-13)22-16(19)18(14)2/h3-11,17H,1-2H3/t11-/m1/s1. The third-order valence-electron chi connectivity index (χ3n) is 3.71. The number of aryl methyl sites for hydroxylation is 1. The molecule has 0 amide bonds. The van der Waals surface area contributed by atoms with Crippen molar-refractivity contribution in [2.75, 3.05) is 0 Å². The van der Waals surface area contributed by atoms with Crippen molar-refractivity contribution in [2.24, 2.45) is 7.05 Å². The van der Waals surface area contributed by atoms with Crippen LogP contribution in [0.1, 0.15) is 18.5 Å². The first-order chi connectivity index (χ1) is 10.9. The van der Waals surface area contributed by atoms with Crippen LogP contribution in [0.2, 0.25) is 0 Å². The largest absolute Gasteiger partial charge is 0.307 e. The second-order valence-electron chi connectivity index (χ2n) is 5.31. The highest BCUT2D eigenvalue weighted by molar-refractivity contribution is 7.89. The van der Waals surface area contributed by atoms with E-state index in [2.05, 4.69) is 4.72 Å². The van der Waals surface area contributed by atoms with Crippen molar-refractivity contribution < 1.29 is 8.42 Å². The van der Waals surface area contributed by atoms with Gasteiger partial charge in [-0.2, -0.15) is 0 Å². The fourth-order valence-electron chi connectivity index (χ4n) is 2.39. The van der Waals surface area contributed by atoms with E-state index < -0.39 is 10.0 Å². The van der Waals surface area contributed by atoms with Crippen LogP contribution in [-0.2, 0) is 17.1 Å². The summed E-state index contributed by atoms with van der Waals surface area (Å²) >= 11 is 1.04. The van der Waals surface area contributed by atoms with Gasteiger partial charge < -0.3 is 4.57 Å². The van der Waals surface area contributed by atoms with Crippen LogP contribution < -0.4 is 9.60 Å². The normalized spacial score (nSPS) is 13.3. The molecule has 3 aromatic rings. The number of benzene rings is 2. The Labute approximate surface area is 138 Å². The molecule has 0 saturated heterocycles. The number of rotatable bonds is 4. The summed E-state index contributed by atoms with van der Waals surface area (Å²) < 4.78 is 30.0. The van der Waals surface area contributed by atoms with Gasteiger partial charge in [-0.1, -0.05) is 41.7 Å². The van der Waals surface area contributed by atoms with Gasteiger partial charge in [-0.05, 0) is 30.7 Å². The van der Waals surface area contributed by atoms with E-state index in [1.807, 2.05) is 30.3 Å². The highest BCUT2D eigenvalue weighted by Crippen LogP contribution is 2.22. The summed E-state index contributed by atoms with van der Waals surface area (Å²) in [5.74, 6) is 0. The number of aromatic nitrogens is 1. The molecular weight excluding hydrogens is 332 g/mol. The Morgan fingerprint density at radius 1 is 1.13 bits per heavy atom. The average molecular weight is 348 g/mol. The quantitative estimate of drug-likeness (QED) is 0.788. The minimum absolute atomic E-state index is 0.111. The fraction of sp³-hybridized carbons (Fsp3) is 0.188. The van der Waals surface area contributed by atoms with E-state index in [9.17, 15) is 13.2 Å². The third kappa shape index (κ3) is 3.08. The van der Waals surface area contributed by atoms with Crippen molar-refractivity contribution in [3.8, 4) is 0 Å². The Bertz CT molecular complexity index is 1000. The van der Waals surface area contributed by atoms with Gasteiger partial charge in [0, 0.05) is 13.1 Å². The van der Waals surface area contributed by atoms with Gasteiger partial charge in [0.2, 0.25) is 10.0 Å². The third-order valence-corrected chi connectivity index (χ3v) is 6.24. The lowest BCUT2D eigenvalue weighted by Gasteiger charge is -2.14. The first kappa shape index (κ1) is 15.9. The van der Waals surface area contributed by atoms with Gasteiger partial charge in [-0.3, -0.25) is 4.79 Å². The van der Waals surface area contributed by atoms with E-state index in [4.69, 9.17) is 0 Å². The van der Waals surface area contributed by atoms with Gasteiger partial charge in [0.15, 0.2) is 0 Å². The second-order valence-corrected chi connectivity index (χ2v) is 8.02. The topological polar surface area (TPSA) is 68.2 Å². The monoisotopic (exact) mass is 348 g/mol. The van der Waals surface area contributed by atoms with Crippen LogP contribution in [0.25, 0.3) is 10.2 Å². The number of hydrogen-bond acceptors (Lipinski definition) is 4.